The second-order valence-electron chi connectivity index (χ2n) is 4.41. The molecule has 13 heavy (non-hydrogen) atoms. The van der Waals surface area contributed by atoms with Crippen molar-refractivity contribution in [1.29, 1.82) is 0 Å². The van der Waals surface area contributed by atoms with Crippen molar-refractivity contribution in [2.75, 3.05) is 0 Å². The third-order valence-corrected chi connectivity index (χ3v) is 2.38. The zero-order chi connectivity index (χ0) is 10.1. The number of aromatic amines is 1. The monoisotopic (exact) mass is 198 g/mol. The number of aromatic nitrogens is 2. The highest BCUT2D eigenvalue weighted by Crippen LogP contribution is 2.20. The van der Waals surface area contributed by atoms with E-state index in [0.717, 1.165) is 17.6 Å². The van der Waals surface area contributed by atoms with Crippen molar-refractivity contribution in [2.45, 2.75) is 46.1 Å². The summed E-state index contributed by atoms with van der Waals surface area (Å²) in [5.41, 5.74) is 1.37. The van der Waals surface area contributed by atoms with Crippen molar-refractivity contribution >= 4 is 12.2 Å². The molecule has 0 saturated heterocycles. The molecule has 0 aliphatic rings. The van der Waals surface area contributed by atoms with E-state index in [1.165, 1.54) is 5.69 Å². The van der Waals surface area contributed by atoms with Gasteiger partial charge in [0, 0.05) is 17.7 Å². The summed E-state index contributed by atoms with van der Waals surface area (Å²) < 4.78 is 2.95. The molecule has 0 bridgehead atoms. The SMILES string of the molecule is CCCn1[nH]c(C(C)(C)C)cc1=S. The molecule has 3 heteroatoms. The highest BCUT2D eigenvalue weighted by molar-refractivity contribution is 7.71. The van der Waals surface area contributed by atoms with Gasteiger partial charge in [-0.3, -0.25) is 4.68 Å². The second-order valence-corrected chi connectivity index (χ2v) is 4.83. The number of hydrogen-bond acceptors (Lipinski definition) is 1. The van der Waals surface area contributed by atoms with Crippen LogP contribution in [0.2, 0.25) is 0 Å². The van der Waals surface area contributed by atoms with E-state index in [2.05, 4.69) is 38.9 Å². The standard InChI is InChI=1S/C10H18N2S/c1-5-6-12-9(13)7-8(11-12)10(2,3)4/h7,11H,5-6H2,1-4H3. The quantitative estimate of drug-likeness (QED) is 0.723. The molecular formula is C10H18N2S. The van der Waals surface area contributed by atoms with E-state index in [9.17, 15) is 0 Å². The molecule has 1 N–H and O–H groups in total. The highest BCUT2D eigenvalue weighted by Gasteiger charge is 2.15. The Morgan fingerprint density at radius 2 is 2.08 bits per heavy atom. The van der Waals surface area contributed by atoms with E-state index in [1.807, 2.05) is 4.68 Å². The van der Waals surface area contributed by atoms with Crippen molar-refractivity contribution < 1.29 is 0 Å². The van der Waals surface area contributed by atoms with Crippen LogP contribution >= 0.6 is 12.2 Å². The van der Waals surface area contributed by atoms with Crippen molar-refractivity contribution in [2.24, 2.45) is 0 Å². The smallest absolute Gasteiger partial charge is 0.122 e. The summed E-state index contributed by atoms with van der Waals surface area (Å²) in [4.78, 5) is 0. The molecule has 0 spiro atoms. The van der Waals surface area contributed by atoms with Gasteiger partial charge in [0.15, 0.2) is 0 Å². The van der Waals surface area contributed by atoms with Crippen LogP contribution in [-0.2, 0) is 12.0 Å². The summed E-state index contributed by atoms with van der Waals surface area (Å²) in [6, 6.07) is 2.06. The molecule has 0 saturated carbocycles. The molecule has 0 aromatic carbocycles. The number of H-pyrrole nitrogens is 1. The molecule has 74 valence electrons. The van der Waals surface area contributed by atoms with Crippen LogP contribution in [0.15, 0.2) is 6.07 Å². The van der Waals surface area contributed by atoms with Crippen LogP contribution in [0, 0.1) is 4.64 Å². The van der Waals surface area contributed by atoms with Crippen molar-refractivity contribution in [3.8, 4) is 0 Å². The average Bonchev–Trinajstić information content (AvgIpc) is 2.32. The maximum Gasteiger partial charge on any atom is 0.122 e. The Hall–Kier alpha value is -0.570. The molecule has 0 amide bonds. The van der Waals surface area contributed by atoms with Gasteiger partial charge in [-0.15, -0.1) is 0 Å². The van der Waals surface area contributed by atoms with Crippen molar-refractivity contribution in [3.63, 3.8) is 0 Å². The van der Waals surface area contributed by atoms with E-state index >= 15 is 0 Å². The predicted octanol–water partition coefficient (Wildman–Crippen LogP) is 3.25. The lowest BCUT2D eigenvalue weighted by Gasteiger charge is -2.15. The van der Waals surface area contributed by atoms with Crippen molar-refractivity contribution in [1.82, 2.24) is 9.78 Å². The van der Waals surface area contributed by atoms with Gasteiger partial charge in [0.25, 0.3) is 0 Å². The molecular weight excluding hydrogens is 180 g/mol. The normalized spacial score (nSPS) is 12.0. The van der Waals surface area contributed by atoms with Crippen LogP contribution in [0.1, 0.15) is 39.8 Å². The van der Waals surface area contributed by atoms with Crippen LogP contribution in [0.25, 0.3) is 0 Å². The van der Waals surface area contributed by atoms with Crippen LogP contribution in [0.3, 0.4) is 0 Å². The molecule has 2 nitrogen and oxygen atoms in total. The Kier molecular flexibility index (Phi) is 2.96. The number of nitrogens with one attached hydrogen (secondary N) is 1. The lowest BCUT2D eigenvalue weighted by Crippen LogP contribution is -2.12. The predicted molar refractivity (Wildman–Crippen MR) is 58.6 cm³/mol. The van der Waals surface area contributed by atoms with Gasteiger partial charge in [-0.1, -0.05) is 39.9 Å². The Balaban J connectivity index is 3.02. The molecule has 0 aliphatic carbocycles. The fraction of sp³-hybridized carbons (Fsp3) is 0.700. The van der Waals surface area contributed by atoms with Crippen molar-refractivity contribution in [3.05, 3.63) is 16.4 Å². The lowest BCUT2D eigenvalue weighted by molar-refractivity contribution is 0.527. The minimum atomic E-state index is 0.159. The summed E-state index contributed by atoms with van der Waals surface area (Å²) in [5.74, 6) is 0. The summed E-state index contributed by atoms with van der Waals surface area (Å²) >= 11 is 5.24. The zero-order valence-electron chi connectivity index (χ0n) is 8.85. The largest absolute Gasteiger partial charge is 0.301 e. The minimum absolute atomic E-state index is 0.159. The minimum Gasteiger partial charge on any atom is -0.301 e. The second kappa shape index (κ2) is 3.66. The summed E-state index contributed by atoms with van der Waals surface area (Å²) in [6.45, 7) is 9.69. The van der Waals surface area contributed by atoms with E-state index in [1.54, 1.807) is 0 Å². The first-order valence-corrected chi connectivity index (χ1v) is 5.16. The highest BCUT2D eigenvalue weighted by atomic mass is 32.1. The third-order valence-electron chi connectivity index (χ3n) is 2.04. The van der Waals surface area contributed by atoms with Gasteiger partial charge in [-0.05, 0) is 12.5 Å². The van der Waals surface area contributed by atoms with Gasteiger partial charge < -0.3 is 5.10 Å². The molecule has 0 fully saturated rings. The van der Waals surface area contributed by atoms with Crippen LogP contribution < -0.4 is 0 Å². The first kappa shape index (κ1) is 10.5. The first-order valence-electron chi connectivity index (χ1n) is 4.75. The van der Waals surface area contributed by atoms with Gasteiger partial charge in [0.2, 0.25) is 0 Å². The third kappa shape index (κ3) is 2.44. The topological polar surface area (TPSA) is 20.7 Å². The van der Waals surface area contributed by atoms with Gasteiger partial charge in [0.05, 0.1) is 0 Å². The Morgan fingerprint density at radius 3 is 2.46 bits per heavy atom. The lowest BCUT2D eigenvalue weighted by atomic mass is 9.93. The van der Waals surface area contributed by atoms with Gasteiger partial charge in [-0.2, -0.15) is 0 Å². The van der Waals surface area contributed by atoms with E-state index in [0.29, 0.717) is 0 Å². The number of aryl methyl sites for hydroxylation is 1. The fourth-order valence-corrected chi connectivity index (χ4v) is 1.46. The summed E-state index contributed by atoms with van der Waals surface area (Å²) in [5, 5.41) is 3.33. The van der Waals surface area contributed by atoms with E-state index < -0.39 is 0 Å². The molecule has 0 atom stereocenters. The molecule has 0 unspecified atom stereocenters. The number of rotatable bonds is 2. The van der Waals surface area contributed by atoms with Gasteiger partial charge in [0.1, 0.15) is 4.64 Å². The number of nitrogens with zero attached hydrogens (tertiary/aromatic N) is 1. The Labute approximate surface area is 85.0 Å². The molecule has 0 radical (unpaired) electrons. The van der Waals surface area contributed by atoms with Crippen LogP contribution in [0.5, 0.6) is 0 Å². The molecule has 1 aromatic rings. The van der Waals surface area contributed by atoms with Gasteiger partial charge in [-0.25, -0.2) is 0 Å². The van der Waals surface area contributed by atoms with E-state index in [4.69, 9.17) is 12.2 Å². The first-order chi connectivity index (χ1) is 5.95. The van der Waals surface area contributed by atoms with Crippen LogP contribution in [0.4, 0.5) is 0 Å². The fourth-order valence-electron chi connectivity index (χ4n) is 1.21. The molecule has 1 rings (SSSR count). The molecule has 1 aromatic heterocycles. The molecule has 1 heterocycles. The maximum atomic E-state index is 5.24. The van der Waals surface area contributed by atoms with Crippen LogP contribution in [-0.4, -0.2) is 9.78 Å². The summed E-state index contributed by atoms with van der Waals surface area (Å²) in [7, 11) is 0. The zero-order valence-corrected chi connectivity index (χ0v) is 9.66. The Morgan fingerprint density at radius 1 is 1.46 bits per heavy atom. The summed E-state index contributed by atoms with van der Waals surface area (Å²) in [6.07, 6.45) is 1.11. The van der Waals surface area contributed by atoms with E-state index in [-0.39, 0.29) is 5.41 Å². The number of hydrogen-bond donors (Lipinski definition) is 1. The average molecular weight is 198 g/mol. The van der Waals surface area contributed by atoms with Gasteiger partial charge >= 0.3 is 0 Å². The Bertz CT molecular complexity index is 327. The molecule has 0 aliphatic heterocycles. The maximum absolute atomic E-state index is 5.24.